The van der Waals surface area contributed by atoms with E-state index >= 15 is 0 Å². The van der Waals surface area contributed by atoms with Crippen LogP contribution in [0, 0.1) is 5.92 Å². The number of carbonyl (C=O) groups is 2. The molecule has 3 rings (SSSR count). The van der Waals surface area contributed by atoms with Gasteiger partial charge in [0.2, 0.25) is 0 Å². The number of amides is 2. The Morgan fingerprint density at radius 1 is 1.30 bits per heavy atom. The van der Waals surface area contributed by atoms with Crippen LogP contribution in [0.15, 0.2) is 23.1 Å². The smallest absolute Gasteiger partial charge is 0.290 e. The number of rotatable bonds is 5. The highest BCUT2D eigenvalue weighted by atomic mass is 35.5. The lowest BCUT2D eigenvalue weighted by molar-refractivity contribution is -0.115. The Bertz CT molecular complexity index is 653. The predicted molar refractivity (Wildman–Crippen MR) is 92.6 cm³/mol. The molecule has 1 aromatic rings. The number of carbonyl (C=O) groups excluding carboxylic acids is 2. The highest BCUT2D eigenvalue weighted by molar-refractivity contribution is 8.18. The minimum atomic E-state index is -0.368. The van der Waals surface area contributed by atoms with Crippen LogP contribution in [0.4, 0.5) is 4.79 Å². The van der Waals surface area contributed by atoms with E-state index in [4.69, 9.17) is 16.3 Å². The fourth-order valence-corrected chi connectivity index (χ4v) is 3.86. The van der Waals surface area contributed by atoms with Crippen molar-refractivity contribution >= 4 is 40.6 Å². The van der Waals surface area contributed by atoms with Crippen molar-refractivity contribution in [2.45, 2.75) is 32.1 Å². The molecule has 1 aliphatic heterocycles. The standard InChI is InChI=1S/C17H18ClNO3S/c18-13-9-12(10-15-16(20)19-17(21)23-15)5-6-14(13)22-8-7-11-3-1-2-4-11/h5-6,9-11H,1-4,7-8H2,(H,19,20,21)/b15-10-. The minimum absolute atomic E-state index is 0.348. The summed E-state index contributed by atoms with van der Waals surface area (Å²) >= 11 is 7.14. The Labute approximate surface area is 144 Å². The summed E-state index contributed by atoms with van der Waals surface area (Å²) in [7, 11) is 0. The van der Waals surface area contributed by atoms with Gasteiger partial charge in [0.1, 0.15) is 5.75 Å². The summed E-state index contributed by atoms with van der Waals surface area (Å²) in [5.41, 5.74) is 0.769. The molecule has 1 aliphatic carbocycles. The van der Waals surface area contributed by atoms with E-state index in [-0.39, 0.29) is 11.1 Å². The van der Waals surface area contributed by atoms with Gasteiger partial charge in [-0.25, -0.2) is 0 Å². The van der Waals surface area contributed by atoms with Gasteiger partial charge in [-0.3, -0.25) is 14.9 Å². The van der Waals surface area contributed by atoms with Crippen molar-refractivity contribution in [1.82, 2.24) is 5.32 Å². The van der Waals surface area contributed by atoms with Crippen LogP contribution in [0.5, 0.6) is 5.75 Å². The van der Waals surface area contributed by atoms with Gasteiger partial charge in [0.05, 0.1) is 16.5 Å². The molecule has 1 aromatic carbocycles. The average molecular weight is 352 g/mol. The Morgan fingerprint density at radius 3 is 2.74 bits per heavy atom. The Balaban J connectivity index is 1.60. The lowest BCUT2D eigenvalue weighted by atomic mass is 10.1. The Hall–Kier alpha value is -1.46. The van der Waals surface area contributed by atoms with Gasteiger partial charge in [-0.15, -0.1) is 0 Å². The summed E-state index contributed by atoms with van der Waals surface area (Å²) in [6, 6.07) is 5.39. The largest absolute Gasteiger partial charge is 0.492 e. The summed E-state index contributed by atoms with van der Waals surface area (Å²) in [6.07, 6.45) is 8.01. The summed E-state index contributed by atoms with van der Waals surface area (Å²) in [6.45, 7) is 0.678. The zero-order valence-electron chi connectivity index (χ0n) is 12.6. The maximum Gasteiger partial charge on any atom is 0.290 e. The molecule has 6 heteroatoms. The van der Waals surface area contributed by atoms with Crippen molar-refractivity contribution in [3.8, 4) is 5.75 Å². The molecule has 23 heavy (non-hydrogen) atoms. The van der Waals surface area contributed by atoms with Crippen LogP contribution in [0.25, 0.3) is 6.08 Å². The number of halogens is 1. The average Bonchev–Trinajstić information content (AvgIpc) is 3.12. The first-order valence-electron chi connectivity index (χ1n) is 7.79. The van der Waals surface area contributed by atoms with E-state index < -0.39 is 0 Å². The first-order valence-corrected chi connectivity index (χ1v) is 8.98. The van der Waals surface area contributed by atoms with Crippen molar-refractivity contribution in [2.75, 3.05) is 6.61 Å². The van der Waals surface area contributed by atoms with Crippen LogP contribution in [-0.4, -0.2) is 17.8 Å². The summed E-state index contributed by atoms with van der Waals surface area (Å²) < 4.78 is 5.77. The Kier molecular flexibility index (Phi) is 5.28. The van der Waals surface area contributed by atoms with Crippen molar-refractivity contribution in [3.05, 3.63) is 33.7 Å². The summed E-state index contributed by atoms with van der Waals surface area (Å²) in [5.74, 6) is 1.08. The molecule has 2 aliphatic rings. The summed E-state index contributed by atoms with van der Waals surface area (Å²) in [5, 5.41) is 2.39. The van der Waals surface area contributed by atoms with Crippen LogP contribution < -0.4 is 10.1 Å². The SMILES string of the molecule is O=C1NC(=O)/C(=C/c2ccc(OCCC3CCCC3)c(Cl)c2)S1. The summed E-state index contributed by atoms with van der Waals surface area (Å²) in [4.78, 5) is 23.1. The van der Waals surface area contributed by atoms with Gasteiger partial charge in [-0.05, 0) is 47.9 Å². The molecule has 1 heterocycles. The number of hydrogen-bond acceptors (Lipinski definition) is 4. The molecule has 0 radical (unpaired) electrons. The van der Waals surface area contributed by atoms with Gasteiger partial charge in [0, 0.05) is 0 Å². The molecule has 1 saturated carbocycles. The van der Waals surface area contributed by atoms with Crippen molar-refractivity contribution in [1.29, 1.82) is 0 Å². The fraction of sp³-hybridized carbons (Fsp3) is 0.412. The van der Waals surface area contributed by atoms with Gasteiger partial charge in [0.25, 0.3) is 11.1 Å². The van der Waals surface area contributed by atoms with E-state index in [1.807, 2.05) is 12.1 Å². The van der Waals surface area contributed by atoms with Gasteiger partial charge in [-0.2, -0.15) is 0 Å². The third-order valence-corrected chi connectivity index (χ3v) is 5.26. The Morgan fingerprint density at radius 2 is 2.09 bits per heavy atom. The molecule has 4 nitrogen and oxygen atoms in total. The topological polar surface area (TPSA) is 55.4 Å². The molecular formula is C17H18ClNO3S. The van der Waals surface area contributed by atoms with Crippen molar-refractivity contribution in [2.24, 2.45) is 5.92 Å². The van der Waals surface area contributed by atoms with E-state index in [1.54, 1.807) is 12.1 Å². The lowest BCUT2D eigenvalue weighted by Crippen LogP contribution is -2.17. The maximum absolute atomic E-state index is 11.5. The van der Waals surface area contributed by atoms with E-state index in [1.165, 1.54) is 25.7 Å². The highest BCUT2D eigenvalue weighted by Crippen LogP contribution is 2.31. The van der Waals surface area contributed by atoms with Gasteiger partial charge >= 0.3 is 0 Å². The molecule has 1 N–H and O–H groups in total. The molecule has 2 fully saturated rings. The van der Waals surface area contributed by atoms with Gasteiger partial charge in [0.15, 0.2) is 0 Å². The quantitative estimate of drug-likeness (QED) is 0.786. The fourth-order valence-electron chi connectivity index (χ4n) is 2.93. The molecule has 0 bridgehead atoms. The zero-order chi connectivity index (χ0) is 16.2. The first kappa shape index (κ1) is 16.4. The van der Waals surface area contributed by atoms with Crippen LogP contribution in [0.3, 0.4) is 0 Å². The highest BCUT2D eigenvalue weighted by Gasteiger charge is 2.25. The molecular weight excluding hydrogens is 334 g/mol. The van der Waals surface area contributed by atoms with Crippen molar-refractivity contribution in [3.63, 3.8) is 0 Å². The second-order valence-corrected chi connectivity index (χ2v) is 7.25. The van der Waals surface area contributed by atoms with E-state index in [9.17, 15) is 9.59 Å². The molecule has 0 atom stereocenters. The number of nitrogens with one attached hydrogen (secondary N) is 1. The zero-order valence-corrected chi connectivity index (χ0v) is 14.2. The molecule has 0 aromatic heterocycles. The monoisotopic (exact) mass is 351 g/mol. The molecule has 0 unspecified atom stereocenters. The second-order valence-electron chi connectivity index (χ2n) is 5.83. The van der Waals surface area contributed by atoms with Crippen molar-refractivity contribution < 1.29 is 14.3 Å². The number of imide groups is 1. The lowest BCUT2D eigenvalue weighted by Gasteiger charge is -2.12. The van der Waals surface area contributed by atoms with E-state index in [0.29, 0.717) is 22.3 Å². The predicted octanol–water partition coefficient (Wildman–Crippen LogP) is 4.62. The third-order valence-electron chi connectivity index (χ3n) is 4.15. The number of hydrogen-bond donors (Lipinski definition) is 1. The molecule has 2 amide bonds. The van der Waals surface area contributed by atoms with Crippen LogP contribution in [0.2, 0.25) is 5.02 Å². The normalized spacial score (nSPS) is 20.3. The van der Waals surface area contributed by atoms with Gasteiger partial charge in [-0.1, -0.05) is 43.4 Å². The first-order chi connectivity index (χ1) is 11.1. The number of benzene rings is 1. The van der Waals surface area contributed by atoms with E-state index in [0.717, 1.165) is 29.7 Å². The molecule has 0 spiro atoms. The maximum atomic E-state index is 11.5. The number of thioether (sulfide) groups is 1. The van der Waals surface area contributed by atoms with Crippen LogP contribution in [0.1, 0.15) is 37.7 Å². The van der Waals surface area contributed by atoms with Gasteiger partial charge < -0.3 is 4.74 Å². The molecule has 1 saturated heterocycles. The number of ether oxygens (including phenoxy) is 1. The van der Waals surface area contributed by atoms with Crippen LogP contribution in [-0.2, 0) is 4.79 Å². The second kappa shape index (κ2) is 7.41. The van der Waals surface area contributed by atoms with E-state index in [2.05, 4.69) is 5.32 Å². The van der Waals surface area contributed by atoms with Crippen LogP contribution >= 0.6 is 23.4 Å². The molecule has 122 valence electrons. The third kappa shape index (κ3) is 4.30. The minimum Gasteiger partial charge on any atom is -0.492 e.